The predicted molar refractivity (Wildman–Crippen MR) is 108 cm³/mol. The maximum Gasteiger partial charge on any atom is 0.291 e. The van der Waals surface area contributed by atoms with Gasteiger partial charge < -0.3 is 9.84 Å². The molecule has 152 valence electrons. The van der Waals surface area contributed by atoms with Gasteiger partial charge in [-0.3, -0.25) is 9.89 Å². The number of nitrogens with one attached hydrogen (secondary N) is 2. The molecule has 7 nitrogen and oxygen atoms in total. The molecule has 4 saturated carbocycles. The van der Waals surface area contributed by atoms with Crippen molar-refractivity contribution in [2.45, 2.75) is 43.9 Å². The SMILES string of the molecule is COc1cc(/C=N\NC(=O)c2cc(C34CC5CC(CC(C5)C3)C4)[nH]n2)ccc1O. The largest absolute Gasteiger partial charge is 0.504 e. The normalized spacial score (nSPS) is 30.0. The summed E-state index contributed by atoms with van der Waals surface area (Å²) in [5.41, 5.74) is 4.91. The number of aromatic nitrogens is 2. The molecule has 6 rings (SSSR count). The van der Waals surface area contributed by atoms with Crippen molar-refractivity contribution in [1.29, 1.82) is 0 Å². The number of nitrogens with zero attached hydrogens (tertiary/aromatic N) is 2. The minimum Gasteiger partial charge on any atom is -0.504 e. The van der Waals surface area contributed by atoms with E-state index in [9.17, 15) is 9.90 Å². The Morgan fingerprint density at radius 1 is 1.24 bits per heavy atom. The van der Waals surface area contributed by atoms with Gasteiger partial charge in [0.2, 0.25) is 0 Å². The van der Waals surface area contributed by atoms with E-state index in [1.807, 2.05) is 6.07 Å². The Balaban J connectivity index is 1.27. The maximum atomic E-state index is 12.5. The van der Waals surface area contributed by atoms with E-state index in [-0.39, 0.29) is 17.1 Å². The smallest absolute Gasteiger partial charge is 0.291 e. The molecule has 0 radical (unpaired) electrons. The predicted octanol–water partition coefficient (Wildman–Crippen LogP) is 3.36. The van der Waals surface area contributed by atoms with Crippen LogP contribution in [0.4, 0.5) is 0 Å². The van der Waals surface area contributed by atoms with E-state index in [0.29, 0.717) is 17.0 Å². The van der Waals surface area contributed by atoms with E-state index < -0.39 is 0 Å². The quantitative estimate of drug-likeness (QED) is 0.535. The number of rotatable bonds is 5. The summed E-state index contributed by atoms with van der Waals surface area (Å²) in [6.07, 6.45) is 9.34. The number of carbonyl (C=O) groups is 1. The van der Waals surface area contributed by atoms with Gasteiger partial charge in [-0.05, 0) is 86.1 Å². The average Bonchev–Trinajstić information content (AvgIpc) is 3.19. The van der Waals surface area contributed by atoms with E-state index in [0.717, 1.165) is 23.4 Å². The summed E-state index contributed by atoms with van der Waals surface area (Å²) in [6, 6.07) is 6.77. The fraction of sp³-hybridized carbons (Fsp3) is 0.500. The van der Waals surface area contributed by atoms with Gasteiger partial charge in [0.05, 0.1) is 13.3 Å². The number of phenolic OH excluding ortho intramolecular Hbond substituents is 1. The number of phenols is 1. The Kier molecular flexibility index (Phi) is 4.33. The Bertz CT molecular complexity index is 929. The number of hydrazone groups is 1. The van der Waals surface area contributed by atoms with Gasteiger partial charge >= 0.3 is 0 Å². The number of hydrogen-bond acceptors (Lipinski definition) is 5. The lowest BCUT2D eigenvalue weighted by Crippen LogP contribution is -2.48. The highest BCUT2D eigenvalue weighted by Crippen LogP contribution is 2.60. The summed E-state index contributed by atoms with van der Waals surface area (Å²) in [7, 11) is 1.48. The zero-order valence-corrected chi connectivity index (χ0v) is 16.5. The molecular formula is C22H26N4O3. The van der Waals surface area contributed by atoms with Gasteiger partial charge in [0.25, 0.3) is 5.91 Å². The van der Waals surface area contributed by atoms with E-state index in [2.05, 4.69) is 20.7 Å². The first-order valence-corrected chi connectivity index (χ1v) is 10.3. The van der Waals surface area contributed by atoms with Crippen molar-refractivity contribution in [1.82, 2.24) is 15.6 Å². The molecule has 1 heterocycles. The van der Waals surface area contributed by atoms with Gasteiger partial charge in [-0.2, -0.15) is 10.2 Å². The minimum absolute atomic E-state index is 0.0578. The molecule has 0 atom stereocenters. The van der Waals surface area contributed by atoms with Crippen LogP contribution in [-0.4, -0.2) is 34.5 Å². The second-order valence-corrected chi connectivity index (χ2v) is 9.00. The van der Waals surface area contributed by atoms with Crippen molar-refractivity contribution in [2.75, 3.05) is 7.11 Å². The Morgan fingerprint density at radius 2 is 1.93 bits per heavy atom. The molecule has 1 amide bonds. The number of ether oxygens (including phenoxy) is 1. The summed E-state index contributed by atoms with van der Waals surface area (Å²) in [6.45, 7) is 0. The fourth-order valence-corrected chi connectivity index (χ4v) is 6.15. The third-order valence-corrected chi connectivity index (χ3v) is 7.00. The molecule has 0 spiro atoms. The van der Waals surface area contributed by atoms with Crippen LogP contribution in [0.5, 0.6) is 11.5 Å². The van der Waals surface area contributed by atoms with Gasteiger partial charge in [-0.25, -0.2) is 5.43 Å². The van der Waals surface area contributed by atoms with Crippen molar-refractivity contribution in [3.05, 3.63) is 41.2 Å². The zero-order valence-electron chi connectivity index (χ0n) is 16.5. The molecule has 3 N–H and O–H groups in total. The third-order valence-electron chi connectivity index (χ3n) is 7.00. The number of methoxy groups -OCH3 is 1. The van der Waals surface area contributed by atoms with Crippen molar-refractivity contribution < 1.29 is 14.6 Å². The first-order chi connectivity index (χ1) is 14.0. The van der Waals surface area contributed by atoms with Gasteiger partial charge in [0.15, 0.2) is 17.2 Å². The molecule has 4 aliphatic rings. The van der Waals surface area contributed by atoms with E-state index >= 15 is 0 Å². The second-order valence-electron chi connectivity index (χ2n) is 9.00. The second kappa shape index (κ2) is 6.90. The van der Waals surface area contributed by atoms with Crippen molar-refractivity contribution in [3.8, 4) is 11.5 Å². The molecule has 0 unspecified atom stereocenters. The van der Waals surface area contributed by atoms with Crippen LogP contribution < -0.4 is 10.2 Å². The lowest BCUT2D eigenvalue weighted by Gasteiger charge is -2.56. The van der Waals surface area contributed by atoms with Crippen LogP contribution in [0.2, 0.25) is 0 Å². The summed E-state index contributed by atoms with van der Waals surface area (Å²) in [5, 5.41) is 21.1. The molecule has 0 aliphatic heterocycles. The zero-order chi connectivity index (χ0) is 20.0. The number of carbonyl (C=O) groups excluding carboxylic acids is 1. The summed E-state index contributed by atoms with van der Waals surface area (Å²) >= 11 is 0. The molecule has 1 aromatic heterocycles. The number of aromatic hydroxyl groups is 1. The highest BCUT2D eigenvalue weighted by molar-refractivity contribution is 5.93. The number of H-pyrrole nitrogens is 1. The summed E-state index contributed by atoms with van der Waals surface area (Å²) in [5.74, 6) is 2.60. The Hall–Kier alpha value is -2.83. The van der Waals surface area contributed by atoms with Crippen molar-refractivity contribution >= 4 is 12.1 Å². The van der Waals surface area contributed by atoms with E-state index in [1.165, 1.54) is 57.9 Å². The van der Waals surface area contributed by atoms with Crippen LogP contribution in [0.15, 0.2) is 29.4 Å². The van der Waals surface area contributed by atoms with Crippen LogP contribution in [-0.2, 0) is 5.41 Å². The molecule has 0 saturated heterocycles. The van der Waals surface area contributed by atoms with Gasteiger partial charge in [-0.15, -0.1) is 0 Å². The van der Waals surface area contributed by atoms with Gasteiger partial charge in [0.1, 0.15) is 0 Å². The minimum atomic E-state index is -0.334. The fourth-order valence-electron chi connectivity index (χ4n) is 6.15. The molecular weight excluding hydrogens is 368 g/mol. The maximum absolute atomic E-state index is 12.5. The van der Waals surface area contributed by atoms with Crippen LogP contribution in [0.3, 0.4) is 0 Å². The standard InChI is InChI=1S/C22H26N4O3/c1-29-19-7-13(2-3-18(19)27)12-23-26-21(28)17-8-20(25-24-17)22-9-14-4-15(10-22)6-16(5-14)11-22/h2-3,7-8,12,14-16,27H,4-6,9-11H2,1H3,(H,24,25)(H,26,28)/b23-12-. The number of aromatic amines is 1. The lowest BCUT2D eigenvalue weighted by molar-refractivity contribution is -0.00721. The number of amides is 1. The Labute approximate surface area is 169 Å². The lowest BCUT2D eigenvalue weighted by atomic mass is 9.49. The van der Waals surface area contributed by atoms with Crippen LogP contribution in [0.1, 0.15) is 60.3 Å². The first-order valence-electron chi connectivity index (χ1n) is 10.3. The highest BCUT2D eigenvalue weighted by atomic mass is 16.5. The highest BCUT2D eigenvalue weighted by Gasteiger charge is 2.52. The Morgan fingerprint density at radius 3 is 2.59 bits per heavy atom. The first kappa shape index (κ1) is 18.2. The summed E-state index contributed by atoms with van der Waals surface area (Å²) < 4.78 is 5.07. The van der Waals surface area contributed by atoms with Crippen LogP contribution in [0, 0.1) is 17.8 Å². The summed E-state index contributed by atoms with van der Waals surface area (Å²) in [4.78, 5) is 12.5. The molecule has 4 bridgehead atoms. The van der Waals surface area contributed by atoms with E-state index in [1.54, 1.807) is 12.1 Å². The monoisotopic (exact) mass is 394 g/mol. The van der Waals surface area contributed by atoms with E-state index in [4.69, 9.17) is 4.74 Å². The van der Waals surface area contributed by atoms with Crippen molar-refractivity contribution in [2.24, 2.45) is 22.9 Å². The molecule has 2 aromatic rings. The number of benzene rings is 1. The molecule has 1 aromatic carbocycles. The van der Waals surface area contributed by atoms with Gasteiger partial charge in [-0.1, -0.05) is 0 Å². The topological polar surface area (TPSA) is 99.6 Å². The van der Waals surface area contributed by atoms with Crippen molar-refractivity contribution in [3.63, 3.8) is 0 Å². The molecule has 4 fully saturated rings. The van der Waals surface area contributed by atoms with Crippen LogP contribution in [0.25, 0.3) is 0 Å². The molecule has 7 heteroatoms. The van der Waals surface area contributed by atoms with Crippen LogP contribution >= 0.6 is 0 Å². The van der Waals surface area contributed by atoms with Gasteiger partial charge in [0, 0.05) is 11.1 Å². The third kappa shape index (κ3) is 3.28. The average molecular weight is 394 g/mol. The number of hydrogen-bond donors (Lipinski definition) is 3. The molecule has 29 heavy (non-hydrogen) atoms. The molecule has 4 aliphatic carbocycles.